The number of fused-ring (bicyclic) bond motifs is 3. The van der Waals surface area contributed by atoms with Gasteiger partial charge >= 0.3 is 0 Å². The van der Waals surface area contributed by atoms with Crippen molar-refractivity contribution in [2.75, 3.05) is 0 Å². The van der Waals surface area contributed by atoms with Crippen molar-refractivity contribution in [3.63, 3.8) is 0 Å². The van der Waals surface area contributed by atoms with Gasteiger partial charge in [0.2, 0.25) is 0 Å². The van der Waals surface area contributed by atoms with Crippen LogP contribution in [0, 0.1) is 0 Å². The van der Waals surface area contributed by atoms with Crippen LogP contribution in [-0.2, 0) is 0 Å². The van der Waals surface area contributed by atoms with Gasteiger partial charge in [-0.05, 0) is 22.9 Å². The molecule has 4 nitrogen and oxygen atoms in total. The van der Waals surface area contributed by atoms with Crippen molar-refractivity contribution in [2.24, 2.45) is 0 Å². The summed E-state index contributed by atoms with van der Waals surface area (Å²) in [4.78, 5) is 0. The molecular formula is C14H10O4. The van der Waals surface area contributed by atoms with Gasteiger partial charge in [-0.3, -0.25) is 0 Å². The van der Waals surface area contributed by atoms with Crippen molar-refractivity contribution < 1.29 is 20.4 Å². The van der Waals surface area contributed by atoms with Crippen molar-refractivity contribution >= 4 is 21.5 Å². The van der Waals surface area contributed by atoms with E-state index in [0.717, 1.165) is 0 Å². The zero-order valence-electron chi connectivity index (χ0n) is 9.25. The molecule has 0 unspecified atom stereocenters. The summed E-state index contributed by atoms with van der Waals surface area (Å²) in [7, 11) is 0. The van der Waals surface area contributed by atoms with Gasteiger partial charge < -0.3 is 20.4 Å². The Hall–Kier alpha value is -2.62. The lowest BCUT2D eigenvalue weighted by atomic mass is 10.00. The van der Waals surface area contributed by atoms with Crippen LogP contribution in [0.1, 0.15) is 0 Å². The maximum absolute atomic E-state index is 9.93. The molecule has 0 aromatic heterocycles. The second-order valence-electron chi connectivity index (χ2n) is 4.16. The highest BCUT2D eigenvalue weighted by Gasteiger charge is 2.12. The molecule has 3 aromatic rings. The summed E-state index contributed by atoms with van der Waals surface area (Å²) >= 11 is 0. The first-order chi connectivity index (χ1) is 8.58. The number of phenols is 4. The molecule has 0 aliphatic rings. The Morgan fingerprint density at radius 3 is 2.06 bits per heavy atom. The summed E-state index contributed by atoms with van der Waals surface area (Å²) in [5.74, 6) is -0.725. The lowest BCUT2D eigenvalue weighted by molar-refractivity contribution is 0.408. The summed E-state index contributed by atoms with van der Waals surface area (Å²) in [5, 5.41) is 40.9. The highest BCUT2D eigenvalue weighted by molar-refractivity contribution is 6.14. The molecule has 0 spiro atoms. The summed E-state index contributed by atoms with van der Waals surface area (Å²) < 4.78 is 0. The van der Waals surface area contributed by atoms with E-state index in [1.54, 1.807) is 18.2 Å². The molecule has 0 radical (unpaired) electrons. The molecular weight excluding hydrogens is 232 g/mol. The Kier molecular flexibility index (Phi) is 2.01. The van der Waals surface area contributed by atoms with Crippen LogP contribution in [0.3, 0.4) is 0 Å². The van der Waals surface area contributed by atoms with E-state index in [1.807, 2.05) is 0 Å². The maximum Gasteiger partial charge on any atom is 0.166 e. The summed E-state index contributed by atoms with van der Waals surface area (Å²) in [5.41, 5.74) is 0. The minimum Gasteiger partial charge on any atom is -0.508 e. The first-order valence-electron chi connectivity index (χ1n) is 5.37. The van der Waals surface area contributed by atoms with Gasteiger partial charge in [0, 0.05) is 16.8 Å². The number of rotatable bonds is 0. The van der Waals surface area contributed by atoms with Gasteiger partial charge in [0.05, 0.1) is 0 Å². The summed E-state index contributed by atoms with van der Waals surface area (Å²) in [6, 6.07) is 9.20. The number of hydrogen-bond acceptors (Lipinski definition) is 4. The van der Waals surface area contributed by atoms with Crippen LogP contribution < -0.4 is 0 Å². The molecule has 0 fully saturated rings. The minimum atomic E-state index is -0.279. The standard InChI is InChI=1S/C14H10O4/c15-9-5-8-2-1-7-3-4-10(16)14(18)13(7)12(8)11(17)6-9/h1-6,15-18H. The zero-order valence-corrected chi connectivity index (χ0v) is 9.25. The molecule has 3 aromatic carbocycles. The smallest absolute Gasteiger partial charge is 0.166 e. The molecule has 0 saturated carbocycles. The van der Waals surface area contributed by atoms with Gasteiger partial charge in [-0.1, -0.05) is 18.2 Å². The molecule has 0 aliphatic heterocycles. The van der Waals surface area contributed by atoms with Crippen molar-refractivity contribution in [1.82, 2.24) is 0 Å². The Morgan fingerprint density at radius 2 is 1.28 bits per heavy atom. The molecule has 0 saturated heterocycles. The lowest BCUT2D eigenvalue weighted by Crippen LogP contribution is -1.81. The van der Waals surface area contributed by atoms with Crippen LogP contribution >= 0.6 is 0 Å². The Balaban J connectivity index is 2.64. The minimum absolute atomic E-state index is 0.0565. The number of benzene rings is 3. The molecule has 4 N–H and O–H groups in total. The second-order valence-corrected chi connectivity index (χ2v) is 4.16. The quantitative estimate of drug-likeness (QED) is 0.361. The molecule has 4 heteroatoms. The summed E-state index contributed by atoms with van der Waals surface area (Å²) in [6.07, 6.45) is 0. The van der Waals surface area contributed by atoms with Crippen molar-refractivity contribution in [2.45, 2.75) is 0 Å². The Bertz CT molecular complexity index is 778. The zero-order chi connectivity index (χ0) is 12.9. The highest BCUT2D eigenvalue weighted by Crippen LogP contribution is 2.42. The van der Waals surface area contributed by atoms with Crippen molar-refractivity contribution in [3.05, 3.63) is 36.4 Å². The van der Waals surface area contributed by atoms with Gasteiger partial charge in [-0.2, -0.15) is 0 Å². The van der Waals surface area contributed by atoms with Crippen LogP contribution in [0.5, 0.6) is 23.0 Å². The van der Waals surface area contributed by atoms with E-state index < -0.39 is 0 Å². The van der Waals surface area contributed by atoms with Crippen molar-refractivity contribution in [3.8, 4) is 23.0 Å². The first-order valence-corrected chi connectivity index (χ1v) is 5.37. The lowest BCUT2D eigenvalue weighted by Gasteiger charge is -2.09. The van der Waals surface area contributed by atoms with Gasteiger partial charge in [0.1, 0.15) is 11.5 Å². The molecule has 90 valence electrons. The van der Waals surface area contributed by atoms with Crippen LogP contribution in [0.2, 0.25) is 0 Å². The van der Waals surface area contributed by atoms with Gasteiger partial charge in [-0.15, -0.1) is 0 Å². The molecule has 0 atom stereocenters. The van der Waals surface area contributed by atoms with E-state index >= 15 is 0 Å². The third-order valence-electron chi connectivity index (χ3n) is 3.01. The monoisotopic (exact) mass is 242 g/mol. The largest absolute Gasteiger partial charge is 0.508 e. The van der Waals surface area contributed by atoms with Gasteiger partial charge in [-0.25, -0.2) is 0 Å². The molecule has 0 bridgehead atoms. The molecule has 18 heavy (non-hydrogen) atoms. The van der Waals surface area contributed by atoms with Crippen LogP contribution in [0.4, 0.5) is 0 Å². The highest BCUT2D eigenvalue weighted by atomic mass is 16.3. The normalized spacial score (nSPS) is 11.1. The average Bonchev–Trinajstić information content (AvgIpc) is 2.33. The van der Waals surface area contributed by atoms with Crippen LogP contribution in [0.25, 0.3) is 21.5 Å². The number of hydrogen-bond donors (Lipinski definition) is 4. The third kappa shape index (κ3) is 1.32. The second kappa shape index (κ2) is 3.43. The van der Waals surface area contributed by atoms with Crippen molar-refractivity contribution in [1.29, 1.82) is 0 Å². The van der Waals surface area contributed by atoms with E-state index in [-0.39, 0.29) is 23.0 Å². The van der Waals surface area contributed by atoms with E-state index in [1.165, 1.54) is 18.2 Å². The summed E-state index contributed by atoms with van der Waals surface area (Å²) in [6.45, 7) is 0. The Labute approximate surface area is 102 Å². The molecule has 3 rings (SSSR count). The van der Waals surface area contributed by atoms with E-state index in [4.69, 9.17) is 0 Å². The van der Waals surface area contributed by atoms with Gasteiger partial charge in [0.25, 0.3) is 0 Å². The number of aromatic hydroxyl groups is 4. The SMILES string of the molecule is Oc1cc(O)c2c(ccc3ccc(O)c(O)c32)c1. The van der Waals surface area contributed by atoms with Crippen LogP contribution in [-0.4, -0.2) is 20.4 Å². The Morgan fingerprint density at radius 1 is 0.611 bits per heavy atom. The van der Waals surface area contributed by atoms with Crippen LogP contribution in [0.15, 0.2) is 36.4 Å². The van der Waals surface area contributed by atoms with Gasteiger partial charge in [0.15, 0.2) is 11.5 Å². The third-order valence-corrected chi connectivity index (χ3v) is 3.01. The fourth-order valence-corrected chi connectivity index (χ4v) is 2.21. The average molecular weight is 242 g/mol. The first kappa shape index (κ1) is 10.5. The predicted molar refractivity (Wildman–Crippen MR) is 68.1 cm³/mol. The fourth-order valence-electron chi connectivity index (χ4n) is 2.21. The fraction of sp³-hybridized carbons (Fsp3) is 0. The molecule has 0 amide bonds. The molecule has 0 heterocycles. The van der Waals surface area contributed by atoms with E-state index in [0.29, 0.717) is 21.5 Å². The molecule has 0 aliphatic carbocycles. The maximum atomic E-state index is 9.93. The topological polar surface area (TPSA) is 80.9 Å². The predicted octanol–water partition coefficient (Wildman–Crippen LogP) is 2.82. The van der Waals surface area contributed by atoms with E-state index in [9.17, 15) is 20.4 Å². The number of phenolic OH excluding ortho intramolecular Hbond substituents is 4. The van der Waals surface area contributed by atoms with E-state index in [2.05, 4.69) is 0 Å².